The number of nitrogens with one attached hydrogen (secondary N) is 2. The lowest BCUT2D eigenvalue weighted by atomic mass is 9.97. The van der Waals surface area contributed by atoms with E-state index in [1.165, 1.54) is 34.4 Å². The van der Waals surface area contributed by atoms with Crippen LogP contribution in [0.4, 0.5) is 28.8 Å². The maximum absolute atomic E-state index is 13.1. The minimum absolute atomic E-state index is 0.136. The predicted octanol–water partition coefficient (Wildman–Crippen LogP) is 4.04. The van der Waals surface area contributed by atoms with Crippen LogP contribution in [0.25, 0.3) is 0 Å². The normalized spacial score (nSPS) is 17.4. The second kappa shape index (κ2) is 7.95. The molecule has 27 heavy (non-hydrogen) atoms. The SMILES string of the molecule is O=C(Nc1nccs1)C1CCCN(C(=O)Nc2ccccc2C(F)(F)F)C1. The first-order chi connectivity index (χ1) is 12.8. The number of carbonyl (C=O) groups is 2. The first-order valence-electron chi connectivity index (χ1n) is 8.27. The maximum atomic E-state index is 13.1. The van der Waals surface area contributed by atoms with E-state index < -0.39 is 23.7 Å². The Kier molecular flexibility index (Phi) is 5.64. The Morgan fingerprint density at radius 2 is 2.00 bits per heavy atom. The highest BCUT2D eigenvalue weighted by Gasteiger charge is 2.34. The zero-order chi connectivity index (χ0) is 19.4. The molecule has 2 heterocycles. The number of piperidine rings is 1. The molecule has 1 fully saturated rings. The first-order valence-corrected chi connectivity index (χ1v) is 9.15. The molecule has 1 unspecified atom stereocenters. The molecule has 1 aliphatic rings. The Morgan fingerprint density at radius 1 is 1.22 bits per heavy atom. The summed E-state index contributed by atoms with van der Waals surface area (Å²) in [5, 5.41) is 7.21. The molecule has 10 heteroatoms. The lowest BCUT2D eigenvalue weighted by Crippen LogP contribution is -2.45. The maximum Gasteiger partial charge on any atom is 0.418 e. The molecule has 1 atom stereocenters. The summed E-state index contributed by atoms with van der Waals surface area (Å²) in [4.78, 5) is 30.1. The monoisotopic (exact) mass is 398 g/mol. The van der Waals surface area contributed by atoms with Gasteiger partial charge in [0.2, 0.25) is 5.91 Å². The van der Waals surface area contributed by atoms with Crippen molar-refractivity contribution in [2.24, 2.45) is 5.92 Å². The van der Waals surface area contributed by atoms with E-state index in [0.717, 1.165) is 6.07 Å². The molecule has 1 aromatic heterocycles. The summed E-state index contributed by atoms with van der Waals surface area (Å²) in [6, 6.07) is 4.15. The molecule has 1 aliphatic heterocycles. The third-order valence-electron chi connectivity index (χ3n) is 4.22. The topological polar surface area (TPSA) is 74.3 Å². The van der Waals surface area contributed by atoms with Crippen molar-refractivity contribution in [3.8, 4) is 0 Å². The van der Waals surface area contributed by atoms with Gasteiger partial charge in [0.25, 0.3) is 0 Å². The van der Waals surface area contributed by atoms with Crippen LogP contribution in [-0.2, 0) is 11.0 Å². The fourth-order valence-corrected chi connectivity index (χ4v) is 3.43. The summed E-state index contributed by atoms with van der Waals surface area (Å²) in [6.07, 6.45) is -1.81. The van der Waals surface area contributed by atoms with Crippen LogP contribution >= 0.6 is 11.3 Å². The number of amides is 3. The van der Waals surface area contributed by atoms with Gasteiger partial charge in [-0.05, 0) is 25.0 Å². The van der Waals surface area contributed by atoms with E-state index in [2.05, 4.69) is 15.6 Å². The Bertz CT molecular complexity index is 811. The molecule has 0 spiro atoms. The van der Waals surface area contributed by atoms with E-state index in [1.807, 2.05) is 0 Å². The van der Waals surface area contributed by atoms with Gasteiger partial charge in [0.05, 0.1) is 17.2 Å². The van der Waals surface area contributed by atoms with Crippen molar-refractivity contribution in [3.63, 3.8) is 0 Å². The van der Waals surface area contributed by atoms with Gasteiger partial charge in [-0.25, -0.2) is 9.78 Å². The van der Waals surface area contributed by atoms with Gasteiger partial charge in [0, 0.05) is 24.7 Å². The van der Waals surface area contributed by atoms with Crippen molar-refractivity contribution in [2.45, 2.75) is 19.0 Å². The minimum Gasteiger partial charge on any atom is -0.324 e. The minimum atomic E-state index is -4.57. The van der Waals surface area contributed by atoms with E-state index in [0.29, 0.717) is 24.5 Å². The quantitative estimate of drug-likeness (QED) is 0.819. The zero-order valence-electron chi connectivity index (χ0n) is 14.1. The molecule has 6 nitrogen and oxygen atoms in total. The number of alkyl halides is 3. The van der Waals surface area contributed by atoms with E-state index in [9.17, 15) is 22.8 Å². The number of halogens is 3. The van der Waals surface area contributed by atoms with Crippen LogP contribution in [0.5, 0.6) is 0 Å². The summed E-state index contributed by atoms with van der Waals surface area (Å²) in [7, 11) is 0. The number of carbonyl (C=O) groups excluding carboxylic acids is 2. The first kappa shape index (κ1) is 19.2. The number of thiazole rings is 1. The molecule has 1 saturated heterocycles. The average molecular weight is 398 g/mol. The van der Waals surface area contributed by atoms with Gasteiger partial charge in [-0.2, -0.15) is 13.2 Å². The summed E-state index contributed by atoms with van der Waals surface area (Å²) in [5.41, 5.74) is -1.21. The lowest BCUT2D eigenvalue weighted by Gasteiger charge is -2.32. The van der Waals surface area contributed by atoms with Crippen LogP contribution in [0.3, 0.4) is 0 Å². The summed E-state index contributed by atoms with van der Waals surface area (Å²) in [6.45, 7) is 0.512. The van der Waals surface area contributed by atoms with E-state index in [-0.39, 0.29) is 18.1 Å². The van der Waals surface area contributed by atoms with Crippen molar-refractivity contribution >= 4 is 34.1 Å². The largest absolute Gasteiger partial charge is 0.418 e. The molecular weight excluding hydrogens is 381 g/mol. The number of likely N-dealkylation sites (tertiary alicyclic amines) is 1. The number of para-hydroxylation sites is 1. The number of urea groups is 1. The van der Waals surface area contributed by atoms with Crippen molar-refractivity contribution in [1.29, 1.82) is 0 Å². The second-order valence-corrected chi connectivity index (χ2v) is 6.98. The van der Waals surface area contributed by atoms with Crippen LogP contribution in [-0.4, -0.2) is 34.9 Å². The smallest absolute Gasteiger partial charge is 0.324 e. The number of aromatic nitrogens is 1. The van der Waals surface area contributed by atoms with Crippen LogP contribution in [0.15, 0.2) is 35.8 Å². The average Bonchev–Trinajstić information content (AvgIpc) is 3.14. The molecule has 0 bridgehead atoms. The molecular formula is C17H17F3N4O2S. The standard InChI is InChI=1S/C17H17F3N4O2S/c18-17(19,20)12-5-1-2-6-13(12)22-16(26)24-8-3-4-11(10-24)14(25)23-15-21-7-9-27-15/h1-2,5-7,9,11H,3-4,8,10H2,(H,22,26)(H,21,23,25). The molecule has 0 aliphatic carbocycles. The third-order valence-corrected chi connectivity index (χ3v) is 4.90. The Balaban J connectivity index is 1.64. The Labute approximate surface area is 157 Å². The third kappa shape index (κ3) is 4.76. The highest BCUT2D eigenvalue weighted by Crippen LogP contribution is 2.34. The van der Waals surface area contributed by atoms with Crippen LogP contribution in [0, 0.1) is 5.92 Å². The summed E-state index contributed by atoms with van der Waals surface area (Å²) in [5.74, 6) is -0.690. The number of hydrogen-bond acceptors (Lipinski definition) is 4. The van der Waals surface area contributed by atoms with Gasteiger partial charge >= 0.3 is 12.2 Å². The molecule has 2 N–H and O–H groups in total. The van der Waals surface area contributed by atoms with Crippen LogP contribution in [0.1, 0.15) is 18.4 Å². The Morgan fingerprint density at radius 3 is 2.70 bits per heavy atom. The molecule has 3 rings (SSSR count). The number of anilines is 2. The molecule has 1 aromatic carbocycles. The fourth-order valence-electron chi connectivity index (χ4n) is 2.90. The number of benzene rings is 1. The van der Waals surface area contributed by atoms with E-state index >= 15 is 0 Å². The van der Waals surface area contributed by atoms with Gasteiger partial charge < -0.3 is 15.5 Å². The second-order valence-electron chi connectivity index (χ2n) is 6.09. The Hall–Kier alpha value is -2.62. The molecule has 3 amide bonds. The van der Waals surface area contributed by atoms with Crippen molar-refractivity contribution in [2.75, 3.05) is 23.7 Å². The zero-order valence-corrected chi connectivity index (χ0v) is 14.9. The number of nitrogens with zero attached hydrogens (tertiary/aromatic N) is 2. The van der Waals surface area contributed by atoms with E-state index in [1.54, 1.807) is 11.6 Å². The predicted molar refractivity (Wildman–Crippen MR) is 95.5 cm³/mol. The molecule has 0 radical (unpaired) electrons. The van der Waals surface area contributed by atoms with Gasteiger partial charge in [-0.3, -0.25) is 4.79 Å². The van der Waals surface area contributed by atoms with Gasteiger partial charge in [0.1, 0.15) is 0 Å². The van der Waals surface area contributed by atoms with Gasteiger partial charge in [0.15, 0.2) is 5.13 Å². The summed E-state index contributed by atoms with van der Waals surface area (Å²) >= 11 is 1.29. The fraction of sp³-hybridized carbons (Fsp3) is 0.353. The van der Waals surface area contributed by atoms with Crippen LogP contribution in [0.2, 0.25) is 0 Å². The molecule has 0 saturated carbocycles. The van der Waals surface area contributed by atoms with E-state index in [4.69, 9.17) is 0 Å². The number of hydrogen-bond donors (Lipinski definition) is 2. The van der Waals surface area contributed by atoms with Gasteiger partial charge in [-0.15, -0.1) is 11.3 Å². The van der Waals surface area contributed by atoms with Crippen molar-refractivity contribution in [3.05, 3.63) is 41.4 Å². The highest BCUT2D eigenvalue weighted by molar-refractivity contribution is 7.13. The molecule has 2 aromatic rings. The van der Waals surface area contributed by atoms with Crippen molar-refractivity contribution in [1.82, 2.24) is 9.88 Å². The summed E-state index contributed by atoms with van der Waals surface area (Å²) < 4.78 is 39.2. The molecule has 144 valence electrons. The van der Waals surface area contributed by atoms with Crippen LogP contribution < -0.4 is 10.6 Å². The lowest BCUT2D eigenvalue weighted by molar-refractivity contribution is -0.136. The number of rotatable bonds is 3. The van der Waals surface area contributed by atoms with Crippen molar-refractivity contribution < 1.29 is 22.8 Å². The van der Waals surface area contributed by atoms with Gasteiger partial charge in [-0.1, -0.05) is 12.1 Å². The highest BCUT2D eigenvalue weighted by atomic mass is 32.1.